The summed E-state index contributed by atoms with van der Waals surface area (Å²) in [4.78, 5) is 17.5. The lowest BCUT2D eigenvalue weighted by atomic mass is 10.4. The van der Waals surface area contributed by atoms with E-state index < -0.39 is 16.1 Å². The van der Waals surface area contributed by atoms with Crippen molar-refractivity contribution >= 4 is 16.1 Å². The van der Waals surface area contributed by atoms with Gasteiger partial charge in [0.1, 0.15) is 0 Å². The summed E-state index contributed by atoms with van der Waals surface area (Å²) in [5.41, 5.74) is 0. The number of hydrogen-bond donors (Lipinski definition) is 2. The molecule has 0 aliphatic carbocycles. The average Bonchev–Trinajstić information content (AvgIpc) is 2.04. The number of unbranched alkanes of at least 4 members (excludes halogenated alkanes) is 1. The van der Waals surface area contributed by atoms with Crippen LogP contribution >= 0.6 is 7.14 Å². The van der Waals surface area contributed by atoms with E-state index in [2.05, 4.69) is 4.52 Å². The van der Waals surface area contributed by atoms with Crippen LogP contribution in [-0.4, -0.2) is 32.3 Å². The molecule has 7 heteroatoms. The molecule has 0 spiro atoms. The Hall–Kier alpha value is 0.287. The van der Waals surface area contributed by atoms with Crippen molar-refractivity contribution in [3.8, 4) is 0 Å². The average molecular weight is 214 g/mol. The van der Waals surface area contributed by atoms with Crippen molar-refractivity contribution in [1.29, 1.82) is 0 Å². The van der Waals surface area contributed by atoms with Crippen LogP contribution in [0.25, 0.3) is 0 Å². The highest BCUT2D eigenvalue weighted by Crippen LogP contribution is 2.47. The Morgan fingerprint density at radius 3 is 2.42 bits per heavy atom. The van der Waals surface area contributed by atoms with Crippen LogP contribution in [0.2, 0.25) is 0 Å². The Bertz CT molecular complexity index is 162. The van der Waals surface area contributed by atoms with Gasteiger partial charge >= 0.3 is 16.1 Å². The first-order chi connectivity index (χ1) is 5.56. The number of hydrogen-bond acceptors (Lipinski definition) is 5. The van der Waals surface area contributed by atoms with Gasteiger partial charge in [-0.15, -0.1) is 0 Å². The monoisotopic (exact) mass is 214 g/mol. The molecule has 0 heterocycles. The van der Waals surface area contributed by atoms with Crippen LogP contribution in [0.5, 0.6) is 0 Å². The molecular weight excluding hydrogens is 199 g/mol. The second kappa shape index (κ2) is 5.85. The summed E-state index contributed by atoms with van der Waals surface area (Å²) in [6, 6.07) is 0. The van der Waals surface area contributed by atoms with Gasteiger partial charge in [-0.2, -0.15) is 0 Å². The molecule has 0 aromatic heterocycles. The van der Waals surface area contributed by atoms with E-state index in [4.69, 9.17) is 14.1 Å². The van der Waals surface area contributed by atoms with Gasteiger partial charge in [-0.1, -0.05) is 13.3 Å². The zero-order valence-corrected chi connectivity index (χ0v) is 9.31. The molecule has 0 radical (unpaired) electrons. The third-order valence-corrected chi connectivity index (χ3v) is 5.70. The summed E-state index contributed by atoms with van der Waals surface area (Å²) < 4.78 is 20.5. The molecular formula is C5H15O5PSi. The standard InChI is InChI=1S/C5H15O5PSi/c1-3-4-5-10-11(6,9-2)12(7)8/h7-8,12H,3-5H2,1-2H3. The fourth-order valence-corrected chi connectivity index (χ4v) is 2.64. The summed E-state index contributed by atoms with van der Waals surface area (Å²) in [7, 11) is -5.73. The Balaban J connectivity index is 3.89. The molecule has 0 aliphatic rings. The Morgan fingerprint density at radius 1 is 1.50 bits per heavy atom. The highest BCUT2D eigenvalue weighted by Gasteiger charge is 2.35. The van der Waals surface area contributed by atoms with E-state index in [0.717, 1.165) is 20.0 Å². The molecule has 0 saturated carbocycles. The normalized spacial score (nSPS) is 16.4. The minimum atomic E-state index is -3.55. The molecule has 74 valence electrons. The first-order valence-corrected chi connectivity index (χ1v) is 7.92. The van der Waals surface area contributed by atoms with E-state index in [0.29, 0.717) is 0 Å². The quantitative estimate of drug-likeness (QED) is 0.379. The molecule has 0 rings (SSSR count). The SMILES string of the molecule is CCCCOP(=O)(OC)[SiH](O)O. The van der Waals surface area contributed by atoms with E-state index in [1.54, 1.807) is 0 Å². The summed E-state index contributed by atoms with van der Waals surface area (Å²) >= 11 is 0. The van der Waals surface area contributed by atoms with Crippen molar-refractivity contribution in [2.45, 2.75) is 19.8 Å². The first-order valence-electron chi connectivity index (χ1n) is 3.73. The summed E-state index contributed by atoms with van der Waals surface area (Å²) in [5.74, 6) is 0. The second-order valence-corrected chi connectivity index (χ2v) is 7.93. The smallest absolute Gasteiger partial charge is 0.405 e. The molecule has 0 fully saturated rings. The lowest BCUT2D eigenvalue weighted by Gasteiger charge is -2.15. The van der Waals surface area contributed by atoms with E-state index >= 15 is 0 Å². The first kappa shape index (κ1) is 12.3. The minimum absolute atomic E-state index is 0.242. The fraction of sp³-hybridized carbons (Fsp3) is 1.00. The highest BCUT2D eigenvalue weighted by atomic mass is 31.4. The highest BCUT2D eigenvalue weighted by molar-refractivity contribution is 7.85. The van der Waals surface area contributed by atoms with Crippen molar-refractivity contribution < 1.29 is 23.2 Å². The van der Waals surface area contributed by atoms with E-state index in [1.807, 2.05) is 6.92 Å². The molecule has 1 atom stereocenters. The molecule has 12 heavy (non-hydrogen) atoms. The van der Waals surface area contributed by atoms with Crippen LogP contribution in [-0.2, 0) is 13.6 Å². The summed E-state index contributed by atoms with van der Waals surface area (Å²) in [5, 5.41) is 0. The predicted molar refractivity (Wildman–Crippen MR) is 47.1 cm³/mol. The maximum Gasteiger partial charge on any atom is 0.449 e. The van der Waals surface area contributed by atoms with Gasteiger partial charge in [0.05, 0.1) is 6.61 Å². The molecule has 5 nitrogen and oxygen atoms in total. The molecule has 0 aromatic carbocycles. The van der Waals surface area contributed by atoms with Gasteiger partial charge in [-0.05, 0) is 6.42 Å². The van der Waals surface area contributed by atoms with Crippen molar-refractivity contribution in [1.82, 2.24) is 0 Å². The van der Waals surface area contributed by atoms with Gasteiger partial charge in [-0.25, -0.2) is 0 Å². The van der Waals surface area contributed by atoms with Gasteiger partial charge in [0, 0.05) is 7.11 Å². The topological polar surface area (TPSA) is 76.0 Å². The van der Waals surface area contributed by atoms with Crippen LogP contribution in [0, 0.1) is 0 Å². The van der Waals surface area contributed by atoms with Crippen LogP contribution in [0.4, 0.5) is 0 Å². The van der Waals surface area contributed by atoms with E-state index in [-0.39, 0.29) is 6.61 Å². The van der Waals surface area contributed by atoms with Crippen LogP contribution < -0.4 is 0 Å². The zero-order chi connectivity index (χ0) is 9.61. The van der Waals surface area contributed by atoms with Gasteiger partial charge in [-0.3, -0.25) is 4.57 Å². The molecule has 2 N–H and O–H groups in total. The van der Waals surface area contributed by atoms with Gasteiger partial charge in [0.25, 0.3) is 0 Å². The fourth-order valence-electron chi connectivity index (χ4n) is 0.550. The predicted octanol–water partition coefficient (Wildman–Crippen LogP) is 0.344. The lowest BCUT2D eigenvalue weighted by molar-refractivity contribution is 0.231. The van der Waals surface area contributed by atoms with E-state index in [1.165, 1.54) is 0 Å². The largest absolute Gasteiger partial charge is 0.449 e. The summed E-state index contributed by atoms with van der Waals surface area (Å²) in [6.07, 6.45) is 1.63. The van der Waals surface area contributed by atoms with E-state index in [9.17, 15) is 4.57 Å². The molecule has 1 unspecified atom stereocenters. The lowest BCUT2D eigenvalue weighted by Crippen LogP contribution is -2.16. The summed E-state index contributed by atoms with van der Waals surface area (Å²) in [6.45, 7) is 2.19. The zero-order valence-electron chi connectivity index (χ0n) is 7.27. The molecule has 0 bridgehead atoms. The van der Waals surface area contributed by atoms with Crippen molar-refractivity contribution in [3.63, 3.8) is 0 Å². The molecule has 0 aliphatic heterocycles. The van der Waals surface area contributed by atoms with Crippen molar-refractivity contribution in [2.75, 3.05) is 13.7 Å². The number of rotatable bonds is 6. The van der Waals surface area contributed by atoms with Crippen LogP contribution in [0.3, 0.4) is 0 Å². The Labute approximate surface area is 73.6 Å². The maximum atomic E-state index is 11.3. The molecule has 0 saturated heterocycles. The Morgan fingerprint density at radius 2 is 2.08 bits per heavy atom. The van der Waals surface area contributed by atoms with Gasteiger partial charge < -0.3 is 18.6 Å². The molecule has 0 aromatic rings. The maximum absolute atomic E-state index is 11.3. The van der Waals surface area contributed by atoms with Gasteiger partial charge in [0.2, 0.25) is 0 Å². The van der Waals surface area contributed by atoms with Crippen molar-refractivity contribution in [3.05, 3.63) is 0 Å². The van der Waals surface area contributed by atoms with Crippen LogP contribution in [0.15, 0.2) is 0 Å². The van der Waals surface area contributed by atoms with Crippen LogP contribution in [0.1, 0.15) is 19.8 Å². The Kier molecular flexibility index (Phi) is 5.99. The minimum Gasteiger partial charge on any atom is -0.405 e. The third-order valence-electron chi connectivity index (χ3n) is 1.31. The third kappa shape index (κ3) is 3.80. The van der Waals surface area contributed by atoms with Crippen molar-refractivity contribution in [2.24, 2.45) is 0 Å². The molecule has 0 amide bonds. The second-order valence-electron chi connectivity index (χ2n) is 2.26. The van der Waals surface area contributed by atoms with Gasteiger partial charge in [0.15, 0.2) is 0 Å².